The van der Waals surface area contributed by atoms with Crippen LogP contribution in [0.15, 0.2) is 0 Å². The van der Waals surface area contributed by atoms with Gasteiger partial charge >= 0.3 is 0 Å². The van der Waals surface area contributed by atoms with Crippen LogP contribution in [0.4, 0.5) is 0 Å². The van der Waals surface area contributed by atoms with Crippen LogP contribution in [0.2, 0.25) is 0 Å². The average Bonchev–Trinajstić information content (AvgIpc) is 2.15. The van der Waals surface area contributed by atoms with E-state index in [1.165, 1.54) is 0 Å². The van der Waals surface area contributed by atoms with E-state index >= 15 is 0 Å². The van der Waals surface area contributed by atoms with Crippen LogP contribution in [0.25, 0.3) is 0 Å². The van der Waals surface area contributed by atoms with E-state index in [1.807, 2.05) is 6.92 Å². The van der Waals surface area contributed by atoms with Crippen LogP contribution < -0.4 is 5.32 Å². The first-order chi connectivity index (χ1) is 6.60. The summed E-state index contributed by atoms with van der Waals surface area (Å²) in [5, 5.41) is 12.1. The summed E-state index contributed by atoms with van der Waals surface area (Å²) in [5.41, 5.74) is 0. The first-order valence-electron chi connectivity index (χ1n) is 5.45. The van der Waals surface area contributed by atoms with Crippen molar-refractivity contribution in [1.29, 1.82) is 5.26 Å². The second kappa shape index (κ2) is 7.78. The number of hydrogen-bond donors (Lipinski definition) is 1. The second-order valence-electron chi connectivity index (χ2n) is 4.03. The fraction of sp³-hybridized carbons (Fsp3) is 0.909. The van der Waals surface area contributed by atoms with Gasteiger partial charge in [-0.15, -0.1) is 0 Å². The minimum absolute atomic E-state index is 0.133. The largest absolute Gasteiger partial charge is 0.313 e. The Morgan fingerprint density at radius 1 is 1.36 bits per heavy atom. The summed E-state index contributed by atoms with van der Waals surface area (Å²) in [6.07, 6.45) is 0. The Balaban J connectivity index is 3.64. The van der Waals surface area contributed by atoms with Crippen LogP contribution >= 0.6 is 0 Å². The monoisotopic (exact) mass is 197 g/mol. The van der Waals surface area contributed by atoms with E-state index in [-0.39, 0.29) is 5.92 Å². The van der Waals surface area contributed by atoms with Crippen molar-refractivity contribution in [2.75, 3.05) is 26.2 Å². The SMILES string of the molecule is CCN(CCNC(C)C)CC(C)C#N. The topological polar surface area (TPSA) is 39.1 Å². The summed E-state index contributed by atoms with van der Waals surface area (Å²) in [5.74, 6) is 0.133. The van der Waals surface area contributed by atoms with E-state index in [9.17, 15) is 0 Å². The molecule has 0 aliphatic heterocycles. The lowest BCUT2D eigenvalue weighted by Crippen LogP contribution is -2.36. The third-order valence-electron chi connectivity index (χ3n) is 2.18. The molecule has 14 heavy (non-hydrogen) atoms. The van der Waals surface area contributed by atoms with Gasteiger partial charge in [-0.1, -0.05) is 20.8 Å². The lowest BCUT2D eigenvalue weighted by molar-refractivity contribution is 0.265. The molecular formula is C11H23N3. The van der Waals surface area contributed by atoms with Crippen molar-refractivity contribution in [3.8, 4) is 6.07 Å². The molecule has 0 fully saturated rings. The van der Waals surface area contributed by atoms with Crippen molar-refractivity contribution in [1.82, 2.24) is 10.2 Å². The lowest BCUT2D eigenvalue weighted by atomic mass is 10.2. The van der Waals surface area contributed by atoms with Crippen LogP contribution in [0.3, 0.4) is 0 Å². The Bertz CT molecular complexity index is 172. The Morgan fingerprint density at radius 2 is 2.00 bits per heavy atom. The Hall–Kier alpha value is -0.590. The molecule has 1 unspecified atom stereocenters. The fourth-order valence-electron chi connectivity index (χ4n) is 1.32. The number of rotatable bonds is 7. The summed E-state index contributed by atoms with van der Waals surface area (Å²) in [6.45, 7) is 12.3. The van der Waals surface area contributed by atoms with Crippen molar-refractivity contribution >= 4 is 0 Å². The highest BCUT2D eigenvalue weighted by atomic mass is 15.1. The third kappa shape index (κ3) is 6.88. The summed E-state index contributed by atoms with van der Waals surface area (Å²) in [6, 6.07) is 2.81. The molecule has 0 saturated carbocycles. The molecule has 3 heteroatoms. The zero-order valence-electron chi connectivity index (χ0n) is 9.88. The molecule has 1 N–H and O–H groups in total. The van der Waals surface area contributed by atoms with Crippen LogP contribution in [0.5, 0.6) is 0 Å². The maximum Gasteiger partial charge on any atom is 0.0666 e. The molecule has 0 heterocycles. The molecule has 82 valence electrons. The molecule has 0 bridgehead atoms. The van der Waals surface area contributed by atoms with E-state index in [4.69, 9.17) is 5.26 Å². The van der Waals surface area contributed by atoms with E-state index in [0.29, 0.717) is 6.04 Å². The number of nitrogens with one attached hydrogen (secondary N) is 1. The number of hydrogen-bond acceptors (Lipinski definition) is 3. The molecule has 1 atom stereocenters. The van der Waals surface area contributed by atoms with E-state index in [2.05, 4.69) is 37.1 Å². The van der Waals surface area contributed by atoms with Gasteiger partial charge in [-0.2, -0.15) is 5.26 Å². The van der Waals surface area contributed by atoms with Crippen molar-refractivity contribution in [2.24, 2.45) is 5.92 Å². The summed E-state index contributed by atoms with van der Waals surface area (Å²) >= 11 is 0. The lowest BCUT2D eigenvalue weighted by Gasteiger charge is -2.22. The predicted molar refractivity (Wildman–Crippen MR) is 60.0 cm³/mol. The molecule has 0 aliphatic carbocycles. The Morgan fingerprint density at radius 3 is 2.43 bits per heavy atom. The van der Waals surface area contributed by atoms with E-state index in [1.54, 1.807) is 0 Å². The highest BCUT2D eigenvalue weighted by Gasteiger charge is 2.07. The molecule has 0 amide bonds. The number of nitriles is 1. The molecular weight excluding hydrogens is 174 g/mol. The van der Waals surface area contributed by atoms with Gasteiger partial charge in [-0.05, 0) is 13.5 Å². The summed E-state index contributed by atoms with van der Waals surface area (Å²) < 4.78 is 0. The normalized spacial score (nSPS) is 13.2. The highest BCUT2D eigenvalue weighted by molar-refractivity contribution is 4.81. The van der Waals surface area contributed by atoms with Gasteiger partial charge in [-0.25, -0.2) is 0 Å². The Kier molecular flexibility index (Phi) is 7.45. The zero-order chi connectivity index (χ0) is 11.0. The summed E-state index contributed by atoms with van der Waals surface area (Å²) in [4.78, 5) is 2.31. The van der Waals surface area contributed by atoms with Gasteiger partial charge in [0.15, 0.2) is 0 Å². The van der Waals surface area contributed by atoms with Crippen LogP contribution in [-0.2, 0) is 0 Å². The molecule has 3 nitrogen and oxygen atoms in total. The molecule has 0 aromatic carbocycles. The average molecular weight is 197 g/mol. The maximum atomic E-state index is 8.70. The van der Waals surface area contributed by atoms with Crippen molar-refractivity contribution in [3.63, 3.8) is 0 Å². The molecule has 0 radical (unpaired) electrons. The minimum atomic E-state index is 0.133. The zero-order valence-corrected chi connectivity index (χ0v) is 9.88. The molecule has 0 aromatic rings. The highest BCUT2D eigenvalue weighted by Crippen LogP contribution is 1.97. The standard InChI is InChI=1S/C11H23N3/c1-5-14(9-11(4)8-12)7-6-13-10(2)3/h10-11,13H,5-7,9H2,1-4H3. The van der Waals surface area contributed by atoms with Crippen molar-refractivity contribution in [2.45, 2.75) is 33.7 Å². The van der Waals surface area contributed by atoms with Gasteiger partial charge in [0.1, 0.15) is 0 Å². The van der Waals surface area contributed by atoms with E-state index < -0.39 is 0 Å². The van der Waals surface area contributed by atoms with Gasteiger partial charge < -0.3 is 10.2 Å². The smallest absolute Gasteiger partial charge is 0.0666 e. The number of nitrogens with zero attached hydrogens (tertiary/aromatic N) is 2. The molecule has 0 rings (SSSR count). The molecule has 0 saturated heterocycles. The van der Waals surface area contributed by atoms with Crippen LogP contribution in [-0.4, -0.2) is 37.1 Å². The molecule has 0 spiro atoms. The van der Waals surface area contributed by atoms with Crippen molar-refractivity contribution in [3.05, 3.63) is 0 Å². The first kappa shape index (κ1) is 13.4. The molecule has 0 aliphatic rings. The number of likely N-dealkylation sites (N-methyl/N-ethyl adjacent to an activating group) is 1. The predicted octanol–water partition coefficient (Wildman–Crippen LogP) is 1.47. The minimum Gasteiger partial charge on any atom is -0.313 e. The first-order valence-corrected chi connectivity index (χ1v) is 5.45. The van der Waals surface area contributed by atoms with Crippen LogP contribution in [0, 0.1) is 17.2 Å². The third-order valence-corrected chi connectivity index (χ3v) is 2.18. The second-order valence-corrected chi connectivity index (χ2v) is 4.03. The molecule has 0 aromatic heterocycles. The Labute approximate surface area is 88.1 Å². The van der Waals surface area contributed by atoms with Gasteiger partial charge in [0.25, 0.3) is 0 Å². The maximum absolute atomic E-state index is 8.70. The van der Waals surface area contributed by atoms with Gasteiger partial charge in [0.2, 0.25) is 0 Å². The van der Waals surface area contributed by atoms with Gasteiger partial charge in [0.05, 0.1) is 12.0 Å². The fourth-order valence-corrected chi connectivity index (χ4v) is 1.32. The van der Waals surface area contributed by atoms with Crippen molar-refractivity contribution < 1.29 is 0 Å². The quantitative estimate of drug-likeness (QED) is 0.671. The van der Waals surface area contributed by atoms with Crippen LogP contribution in [0.1, 0.15) is 27.7 Å². The van der Waals surface area contributed by atoms with Gasteiger partial charge in [0, 0.05) is 25.7 Å². The summed E-state index contributed by atoms with van der Waals surface area (Å²) in [7, 11) is 0. The van der Waals surface area contributed by atoms with E-state index in [0.717, 1.165) is 26.2 Å². The van der Waals surface area contributed by atoms with Gasteiger partial charge in [-0.3, -0.25) is 0 Å².